The quantitative estimate of drug-likeness (QED) is 0.0806. The fourth-order valence-electron chi connectivity index (χ4n) is 8.21. The molecule has 6 N–H and O–H groups in total. The number of nitrogens with one attached hydrogen (secondary N) is 6. The largest absolute Gasteiger partial charge is 0.325 e. The van der Waals surface area contributed by atoms with E-state index in [9.17, 15) is 52.8 Å². The molecule has 3 amide bonds. The Kier molecular flexibility index (Phi) is 24.1. The number of thiophene rings is 3. The molecule has 30 heteroatoms. The predicted octanol–water partition coefficient (Wildman–Crippen LogP) is 11.1. The first-order valence-corrected chi connectivity index (χ1v) is 31.1. The second kappa shape index (κ2) is 28.3. The number of amides is 3. The molecule has 18 nitrogen and oxygen atoms in total. The highest BCUT2D eigenvalue weighted by atomic mass is 35.5. The lowest BCUT2D eigenvalue weighted by molar-refractivity contribution is -0.120. The van der Waals surface area contributed by atoms with Crippen LogP contribution in [0, 0.1) is 38.2 Å². The number of carbonyl (C=O) groups excluding carboxylic acids is 3. The van der Waals surface area contributed by atoms with Crippen molar-refractivity contribution >= 4 is 134 Å². The second-order valence-electron chi connectivity index (χ2n) is 18.0. The van der Waals surface area contributed by atoms with Gasteiger partial charge < -0.3 is 16.0 Å². The molecular weight excluding hydrogens is 1240 g/mol. The number of nitrogens with zero attached hydrogens (tertiary/aromatic N) is 3. The number of halogens is 6. The van der Waals surface area contributed by atoms with E-state index < -0.39 is 102 Å². The minimum atomic E-state index is -3.81. The molecule has 0 saturated carbocycles. The number of benzene rings is 3. The normalized spacial score (nSPS) is 22.1. The Morgan fingerprint density at radius 1 is 0.457 bits per heavy atom. The van der Waals surface area contributed by atoms with Crippen LogP contribution < -0.4 is 30.1 Å². The average molecular weight is 1300 g/mol. The number of likely N-dealkylation sites (N-methyl/N-ethyl adjacent to an activating group) is 3. The minimum absolute atomic E-state index is 0. The smallest absolute Gasteiger partial charge is 0.280 e. The van der Waals surface area contributed by atoms with Crippen molar-refractivity contribution < 1.29 is 52.8 Å². The second-order valence-corrected chi connectivity index (χ2v) is 28.5. The van der Waals surface area contributed by atoms with E-state index in [1.807, 2.05) is 57.2 Å². The SMILES string of the molecule is C.C.C.Cc1ccc(C2CC(C(=O)Nc3ccc(F)c(Cl)c3)N(C)S(=O)(=O)N2)s1.Cc1ccc([C@@H]2C[C@H](C(=O)Nc3ccc(F)c(Cl)c3)N(C)S(=O)(=O)N2)s1.Cc1ccc([C@H]2C[C@@H](C(=O)Nc3ccc(F)c(Cl)c3)N(C)S(=O)(=O)N2)s1. The third-order valence-electron chi connectivity index (χ3n) is 12.5. The van der Waals surface area contributed by atoms with E-state index in [1.165, 1.54) is 91.6 Å². The van der Waals surface area contributed by atoms with Crippen molar-refractivity contribution in [2.75, 3.05) is 37.1 Å². The van der Waals surface area contributed by atoms with Gasteiger partial charge in [0.15, 0.2) is 0 Å². The molecule has 3 aromatic heterocycles. The van der Waals surface area contributed by atoms with Crippen LogP contribution >= 0.6 is 68.8 Å². The highest BCUT2D eigenvalue weighted by Gasteiger charge is 2.44. The molecule has 6 atom stereocenters. The van der Waals surface area contributed by atoms with Crippen molar-refractivity contribution in [1.29, 1.82) is 0 Å². The molecule has 81 heavy (non-hydrogen) atoms. The lowest BCUT2D eigenvalue weighted by Gasteiger charge is -2.35. The number of hydrogen-bond donors (Lipinski definition) is 6. The molecule has 3 aliphatic heterocycles. The van der Waals surface area contributed by atoms with Gasteiger partial charge in [-0.3, -0.25) is 14.4 Å². The highest BCUT2D eigenvalue weighted by Crippen LogP contribution is 2.36. The molecule has 0 aliphatic carbocycles. The van der Waals surface area contributed by atoms with Crippen molar-refractivity contribution in [3.8, 4) is 0 Å². The summed E-state index contributed by atoms with van der Waals surface area (Å²) in [5.41, 5.74) is 0.901. The van der Waals surface area contributed by atoms with E-state index in [1.54, 1.807) is 0 Å². The van der Waals surface area contributed by atoms with E-state index >= 15 is 0 Å². The Balaban J connectivity index is 0.000000257. The van der Waals surface area contributed by atoms with Crippen LogP contribution in [0.2, 0.25) is 15.1 Å². The monoisotopic (exact) mass is 1300 g/mol. The third kappa shape index (κ3) is 17.1. The number of aryl methyl sites for hydroxylation is 3. The van der Waals surface area contributed by atoms with Crippen LogP contribution in [0.3, 0.4) is 0 Å². The van der Waals surface area contributed by atoms with E-state index in [0.717, 1.165) is 60.4 Å². The summed E-state index contributed by atoms with van der Waals surface area (Å²) < 4.78 is 125. The van der Waals surface area contributed by atoms with Gasteiger partial charge in [0.05, 0.1) is 33.2 Å². The van der Waals surface area contributed by atoms with E-state index in [-0.39, 0.29) is 56.6 Å². The number of carbonyl (C=O) groups is 3. The fraction of sp³-hybridized carbons (Fsp3) is 0.353. The Morgan fingerprint density at radius 2 is 0.691 bits per heavy atom. The first-order valence-electron chi connectivity index (χ1n) is 23.2. The van der Waals surface area contributed by atoms with Crippen LogP contribution in [0.1, 0.15) is 88.9 Å². The summed E-state index contributed by atoms with van der Waals surface area (Å²) >= 11 is 21.6. The maximum Gasteiger partial charge on any atom is 0.280 e. The van der Waals surface area contributed by atoms with Crippen LogP contribution in [-0.2, 0) is 45.0 Å². The van der Waals surface area contributed by atoms with Gasteiger partial charge in [0.25, 0.3) is 30.6 Å². The molecule has 9 rings (SSSR count). The van der Waals surface area contributed by atoms with Gasteiger partial charge in [-0.15, -0.1) is 34.0 Å². The summed E-state index contributed by atoms with van der Waals surface area (Å²) in [6.45, 7) is 5.79. The van der Waals surface area contributed by atoms with Crippen LogP contribution in [0.15, 0.2) is 91.0 Å². The third-order valence-corrected chi connectivity index (χ3v) is 21.5. The van der Waals surface area contributed by atoms with Crippen LogP contribution in [0.25, 0.3) is 0 Å². The molecule has 3 fully saturated rings. The van der Waals surface area contributed by atoms with E-state index in [0.29, 0.717) is 17.1 Å². The Bertz CT molecular complexity index is 3210. The average Bonchev–Trinajstić information content (AvgIpc) is 4.22. The summed E-state index contributed by atoms with van der Waals surface area (Å²) in [4.78, 5) is 43.7. The summed E-state index contributed by atoms with van der Waals surface area (Å²) in [5.74, 6) is -3.30. The highest BCUT2D eigenvalue weighted by molar-refractivity contribution is 7.87. The maximum atomic E-state index is 13.3. The molecule has 3 aromatic carbocycles. The van der Waals surface area contributed by atoms with Gasteiger partial charge in [0.2, 0.25) is 17.7 Å². The number of rotatable bonds is 9. The molecule has 0 spiro atoms. The fourth-order valence-corrected chi connectivity index (χ4v) is 15.6. The molecule has 444 valence electrons. The Morgan fingerprint density at radius 3 is 0.889 bits per heavy atom. The van der Waals surface area contributed by atoms with Crippen LogP contribution in [0.4, 0.5) is 30.2 Å². The first-order chi connectivity index (χ1) is 36.5. The summed E-state index contributed by atoms with van der Waals surface area (Å²) in [6.07, 6.45) is 0.823. The molecule has 0 radical (unpaired) electrons. The molecular formula is C51H63Cl3F3N9O9S6. The summed E-state index contributed by atoms with van der Waals surface area (Å²) in [7, 11) is -7.38. The van der Waals surface area contributed by atoms with Crippen LogP contribution in [0.5, 0.6) is 0 Å². The van der Waals surface area contributed by atoms with E-state index in [4.69, 9.17) is 34.8 Å². The lowest BCUT2D eigenvalue weighted by Crippen LogP contribution is -2.55. The number of hydrogen-bond acceptors (Lipinski definition) is 12. The zero-order valence-corrected chi connectivity index (χ0v) is 49.1. The van der Waals surface area contributed by atoms with E-state index in [2.05, 4.69) is 30.1 Å². The van der Waals surface area contributed by atoms with Gasteiger partial charge in [0, 0.05) is 67.5 Å². The first kappa shape index (κ1) is 68.9. The van der Waals surface area contributed by atoms with Gasteiger partial charge in [-0.1, -0.05) is 57.1 Å². The maximum absolute atomic E-state index is 13.3. The minimum Gasteiger partial charge on any atom is -0.325 e. The Hall–Kier alpha value is -4.56. The van der Waals surface area contributed by atoms with Crippen molar-refractivity contribution in [3.05, 3.63) is 153 Å². The topological polar surface area (TPSA) is 236 Å². The van der Waals surface area contributed by atoms with Crippen molar-refractivity contribution in [3.63, 3.8) is 0 Å². The van der Waals surface area contributed by atoms with Crippen LogP contribution in [-0.4, -0.2) is 95.2 Å². The molecule has 2 unspecified atom stereocenters. The molecule has 0 bridgehead atoms. The predicted molar refractivity (Wildman–Crippen MR) is 320 cm³/mol. The van der Waals surface area contributed by atoms with Gasteiger partial charge in [-0.25, -0.2) is 13.2 Å². The molecule has 6 aromatic rings. The van der Waals surface area contributed by atoms with Crippen molar-refractivity contribution in [2.24, 2.45) is 0 Å². The van der Waals surface area contributed by atoms with Crippen molar-refractivity contribution in [1.82, 2.24) is 27.1 Å². The Labute approximate surface area is 498 Å². The molecule has 6 heterocycles. The molecule has 3 saturated heterocycles. The van der Waals surface area contributed by atoms with Gasteiger partial charge >= 0.3 is 0 Å². The zero-order chi connectivity index (χ0) is 57.2. The lowest BCUT2D eigenvalue weighted by atomic mass is 10.1. The summed E-state index contributed by atoms with van der Waals surface area (Å²) in [5, 5.41) is 7.44. The number of anilines is 3. The zero-order valence-electron chi connectivity index (χ0n) is 42.0. The van der Waals surface area contributed by atoms with Gasteiger partial charge in [-0.05, 0) is 131 Å². The van der Waals surface area contributed by atoms with Gasteiger partial charge in [0.1, 0.15) is 35.6 Å². The standard InChI is InChI=1S/3C16H17ClFN3O3S2.3CH4/c3*1-9-3-6-15(25-9)13-8-14(21(2)26(23,24)20-13)16(22)19-10-4-5-12(18)11(17)7-10;;;/h3*3-7,13-14,20H,8H2,1-2H3,(H,19,22);3*1H4/t2*13-,14+;;;;/m10..../s1. The van der Waals surface area contributed by atoms with Crippen molar-refractivity contribution in [2.45, 2.75) is 98.6 Å². The molecule has 3 aliphatic rings. The summed E-state index contributed by atoms with van der Waals surface area (Å²) in [6, 6.07) is 18.5. The van der Waals surface area contributed by atoms with Gasteiger partial charge in [-0.2, -0.15) is 52.3 Å².